The number of pyridine rings is 1. The average Bonchev–Trinajstić information content (AvgIpc) is 3.03. The van der Waals surface area contributed by atoms with Gasteiger partial charge in [-0.05, 0) is 38.2 Å². The van der Waals surface area contributed by atoms with E-state index < -0.39 is 0 Å². The van der Waals surface area contributed by atoms with Gasteiger partial charge in [-0.1, -0.05) is 20.3 Å². The second kappa shape index (κ2) is 7.37. The van der Waals surface area contributed by atoms with Crippen molar-refractivity contribution in [2.45, 2.75) is 59.4 Å². The number of aryl methyl sites for hydroxylation is 4. The second-order valence-electron chi connectivity index (χ2n) is 8.17. The van der Waals surface area contributed by atoms with Crippen LogP contribution in [0.2, 0.25) is 0 Å². The summed E-state index contributed by atoms with van der Waals surface area (Å²) in [5.74, 6) is 2.09. The van der Waals surface area contributed by atoms with Crippen LogP contribution >= 0.6 is 0 Å². The monoisotopic (exact) mass is 380 g/mol. The Labute approximate surface area is 165 Å². The van der Waals surface area contributed by atoms with Gasteiger partial charge in [-0.25, -0.2) is 9.97 Å². The fraction of sp³-hybridized carbons (Fsp3) is 0.524. The molecule has 0 aromatic carbocycles. The number of nitrogens with one attached hydrogen (secondary N) is 1. The van der Waals surface area contributed by atoms with Gasteiger partial charge >= 0.3 is 0 Å². The van der Waals surface area contributed by atoms with Crippen LogP contribution in [0.5, 0.6) is 0 Å². The van der Waals surface area contributed by atoms with Gasteiger partial charge in [0.2, 0.25) is 0 Å². The van der Waals surface area contributed by atoms with Crippen molar-refractivity contribution in [1.29, 1.82) is 0 Å². The van der Waals surface area contributed by atoms with E-state index in [9.17, 15) is 4.79 Å². The number of anilines is 1. The first-order chi connectivity index (χ1) is 13.4. The molecule has 1 N–H and O–H groups in total. The Morgan fingerprint density at radius 2 is 2.04 bits per heavy atom. The number of rotatable bonds is 4. The predicted molar refractivity (Wildman–Crippen MR) is 110 cm³/mol. The van der Waals surface area contributed by atoms with Crippen LogP contribution in [-0.2, 0) is 26.4 Å². The third kappa shape index (κ3) is 3.53. The molecular formula is C21H28N6O. The largest absolute Gasteiger partial charge is 0.313 e. The van der Waals surface area contributed by atoms with E-state index in [1.807, 2.05) is 26.1 Å². The fourth-order valence-corrected chi connectivity index (χ4v) is 3.93. The minimum Gasteiger partial charge on any atom is -0.313 e. The molecule has 0 aliphatic carbocycles. The van der Waals surface area contributed by atoms with Gasteiger partial charge in [0.15, 0.2) is 5.65 Å². The maximum Gasteiger partial charge on any atom is 0.259 e. The molecule has 0 fully saturated rings. The van der Waals surface area contributed by atoms with Crippen molar-refractivity contribution in [1.82, 2.24) is 24.3 Å². The van der Waals surface area contributed by atoms with E-state index in [0.717, 1.165) is 55.1 Å². The zero-order valence-electron chi connectivity index (χ0n) is 17.1. The first-order valence-electron chi connectivity index (χ1n) is 10.1. The van der Waals surface area contributed by atoms with Gasteiger partial charge in [0, 0.05) is 31.8 Å². The fourth-order valence-electron chi connectivity index (χ4n) is 3.93. The van der Waals surface area contributed by atoms with Gasteiger partial charge < -0.3 is 9.88 Å². The Balaban J connectivity index is 1.69. The number of amides is 1. The van der Waals surface area contributed by atoms with Crippen LogP contribution in [0.3, 0.4) is 0 Å². The molecule has 0 spiro atoms. The maximum atomic E-state index is 13.1. The van der Waals surface area contributed by atoms with Crippen molar-refractivity contribution in [2.24, 2.45) is 13.0 Å². The highest BCUT2D eigenvalue weighted by Gasteiger charge is 2.21. The second-order valence-corrected chi connectivity index (χ2v) is 8.17. The maximum absolute atomic E-state index is 13.1. The smallest absolute Gasteiger partial charge is 0.259 e. The Kier molecular flexibility index (Phi) is 4.91. The molecule has 7 heteroatoms. The van der Waals surface area contributed by atoms with Crippen molar-refractivity contribution in [3.63, 3.8) is 0 Å². The molecule has 0 radical (unpaired) electrons. The van der Waals surface area contributed by atoms with E-state index in [0.29, 0.717) is 22.8 Å². The summed E-state index contributed by atoms with van der Waals surface area (Å²) in [4.78, 5) is 22.6. The molecule has 1 amide bonds. The van der Waals surface area contributed by atoms with Gasteiger partial charge in [0.1, 0.15) is 17.2 Å². The zero-order valence-corrected chi connectivity index (χ0v) is 17.1. The summed E-state index contributed by atoms with van der Waals surface area (Å²) in [5.41, 5.74) is 3.92. The molecule has 148 valence electrons. The number of hydrogen-bond donors (Lipinski definition) is 1. The topological polar surface area (TPSA) is 77.6 Å². The van der Waals surface area contributed by atoms with Gasteiger partial charge in [-0.2, -0.15) is 5.10 Å². The quantitative estimate of drug-likeness (QED) is 0.749. The predicted octanol–water partition coefficient (Wildman–Crippen LogP) is 3.65. The van der Waals surface area contributed by atoms with Crippen molar-refractivity contribution in [3.8, 4) is 0 Å². The number of hydrogen-bond acceptors (Lipinski definition) is 4. The lowest BCUT2D eigenvalue weighted by molar-refractivity contribution is 0.102. The molecular weight excluding hydrogens is 352 g/mol. The number of fused-ring (bicyclic) bond motifs is 3. The highest BCUT2D eigenvalue weighted by atomic mass is 16.1. The molecule has 0 bridgehead atoms. The Hall–Kier alpha value is -2.70. The molecule has 0 saturated heterocycles. The Morgan fingerprint density at radius 3 is 2.82 bits per heavy atom. The molecule has 7 nitrogen and oxygen atoms in total. The number of aromatic nitrogens is 5. The lowest BCUT2D eigenvalue weighted by Gasteiger charge is -2.08. The third-order valence-corrected chi connectivity index (χ3v) is 5.23. The summed E-state index contributed by atoms with van der Waals surface area (Å²) in [7, 11) is 1.85. The Morgan fingerprint density at radius 1 is 1.21 bits per heavy atom. The van der Waals surface area contributed by atoms with E-state index in [2.05, 4.69) is 28.8 Å². The molecule has 0 atom stereocenters. The van der Waals surface area contributed by atoms with Gasteiger partial charge in [-0.3, -0.25) is 9.48 Å². The molecule has 3 aromatic rings. The minimum absolute atomic E-state index is 0.164. The van der Waals surface area contributed by atoms with E-state index >= 15 is 0 Å². The van der Waals surface area contributed by atoms with Crippen LogP contribution in [0.15, 0.2) is 12.1 Å². The zero-order chi connectivity index (χ0) is 19.8. The van der Waals surface area contributed by atoms with Crippen molar-refractivity contribution >= 4 is 22.9 Å². The van der Waals surface area contributed by atoms with Crippen molar-refractivity contribution in [3.05, 3.63) is 34.9 Å². The molecule has 0 unspecified atom stereocenters. The molecule has 1 aliphatic rings. The third-order valence-electron chi connectivity index (χ3n) is 5.23. The first kappa shape index (κ1) is 18.7. The van der Waals surface area contributed by atoms with E-state index in [-0.39, 0.29) is 5.91 Å². The number of imidazole rings is 1. The van der Waals surface area contributed by atoms with Gasteiger partial charge in [0.05, 0.1) is 11.3 Å². The number of carbonyl (C=O) groups is 1. The van der Waals surface area contributed by atoms with Crippen molar-refractivity contribution < 1.29 is 4.79 Å². The molecule has 4 heterocycles. The van der Waals surface area contributed by atoms with Crippen LogP contribution in [0.1, 0.15) is 60.7 Å². The highest BCUT2D eigenvalue weighted by molar-refractivity contribution is 6.11. The van der Waals surface area contributed by atoms with Gasteiger partial charge in [0.25, 0.3) is 5.91 Å². The number of nitrogens with zero attached hydrogens (tertiary/aromatic N) is 5. The summed E-state index contributed by atoms with van der Waals surface area (Å²) in [6.07, 6.45) is 5.30. The van der Waals surface area contributed by atoms with E-state index in [1.165, 1.54) is 6.42 Å². The lowest BCUT2D eigenvalue weighted by atomic mass is 10.1. The molecule has 1 aliphatic heterocycles. The molecule has 0 saturated carbocycles. The molecule has 3 aromatic heterocycles. The summed E-state index contributed by atoms with van der Waals surface area (Å²) in [6, 6.07) is 3.78. The van der Waals surface area contributed by atoms with Crippen LogP contribution in [0, 0.1) is 12.8 Å². The highest BCUT2D eigenvalue weighted by Crippen LogP contribution is 2.25. The average molecular weight is 380 g/mol. The molecule has 28 heavy (non-hydrogen) atoms. The van der Waals surface area contributed by atoms with Crippen LogP contribution in [0.25, 0.3) is 11.2 Å². The first-order valence-corrected chi connectivity index (χ1v) is 10.1. The molecule has 4 rings (SSSR count). The SMILES string of the molecule is Cc1cc(C(=O)Nc2cc(CC(C)C)nn2C)c2nc3n(c2n1)CCCCC3. The van der Waals surface area contributed by atoms with Gasteiger partial charge in [-0.15, -0.1) is 0 Å². The number of carbonyl (C=O) groups excluding carboxylic acids is 1. The summed E-state index contributed by atoms with van der Waals surface area (Å²) < 4.78 is 3.92. The standard InChI is InChI=1S/C21H28N6O/c1-13(2)10-15-12-18(26(4)25-15)24-21(28)16-11-14(3)22-20-19(16)23-17-8-6-5-7-9-27(17)20/h11-13H,5-10H2,1-4H3,(H,24,28). The lowest BCUT2D eigenvalue weighted by Crippen LogP contribution is -2.15. The van der Waals surface area contributed by atoms with Crippen LogP contribution in [0.4, 0.5) is 5.82 Å². The van der Waals surface area contributed by atoms with Crippen LogP contribution < -0.4 is 5.32 Å². The van der Waals surface area contributed by atoms with E-state index in [1.54, 1.807) is 4.68 Å². The Bertz CT molecular complexity index is 1030. The van der Waals surface area contributed by atoms with Crippen molar-refractivity contribution in [2.75, 3.05) is 5.32 Å². The normalized spacial score (nSPS) is 14.3. The summed E-state index contributed by atoms with van der Waals surface area (Å²) in [6.45, 7) is 7.17. The minimum atomic E-state index is -0.164. The summed E-state index contributed by atoms with van der Waals surface area (Å²) in [5, 5.41) is 7.53. The summed E-state index contributed by atoms with van der Waals surface area (Å²) >= 11 is 0. The van der Waals surface area contributed by atoms with Crippen LogP contribution in [-0.4, -0.2) is 30.2 Å². The van der Waals surface area contributed by atoms with E-state index in [4.69, 9.17) is 9.97 Å².